The highest BCUT2D eigenvalue weighted by molar-refractivity contribution is 7.89. The molecule has 1 N–H and O–H groups in total. The van der Waals surface area contributed by atoms with Gasteiger partial charge < -0.3 is 9.26 Å². The van der Waals surface area contributed by atoms with Crippen molar-refractivity contribution in [3.63, 3.8) is 0 Å². The molecule has 9 nitrogen and oxygen atoms in total. The van der Waals surface area contributed by atoms with Crippen molar-refractivity contribution in [1.82, 2.24) is 14.9 Å². The maximum atomic E-state index is 13.0. The number of carbonyl (C=O) groups is 1. The molecule has 1 aromatic heterocycles. The highest BCUT2D eigenvalue weighted by Gasteiger charge is 2.31. The van der Waals surface area contributed by atoms with E-state index in [1.54, 1.807) is 6.92 Å². The molecule has 30 heavy (non-hydrogen) atoms. The summed E-state index contributed by atoms with van der Waals surface area (Å²) in [5, 5.41) is 3.83. The minimum Gasteiger partial charge on any atom is -0.482 e. The Morgan fingerprint density at radius 2 is 1.97 bits per heavy atom. The first-order valence-corrected chi connectivity index (χ1v) is 11.8. The lowest BCUT2D eigenvalue weighted by Gasteiger charge is -2.29. The summed E-state index contributed by atoms with van der Waals surface area (Å²) in [6.07, 6.45) is 5.86. The van der Waals surface area contributed by atoms with Crippen LogP contribution in [0.3, 0.4) is 0 Å². The predicted octanol–water partition coefficient (Wildman–Crippen LogP) is 2.96. The second-order valence-corrected chi connectivity index (χ2v) is 9.65. The number of amides is 1. The molecule has 0 saturated heterocycles. The number of hydrogen-bond donors (Lipinski definition) is 1. The number of anilines is 1. The molecule has 2 aromatic rings. The van der Waals surface area contributed by atoms with Crippen LogP contribution in [0.15, 0.2) is 21.6 Å². The fourth-order valence-electron chi connectivity index (χ4n) is 3.81. The second kappa shape index (κ2) is 8.52. The Morgan fingerprint density at radius 1 is 1.23 bits per heavy atom. The Kier molecular flexibility index (Phi) is 5.99. The monoisotopic (exact) mass is 454 g/mol. The number of fused-ring (bicyclic) bond motifs is 1. The number of halogens is 1. The van der Waals surface area contributed by atoms with Crippen LogP contribution >= 0.6 is 11.6 Å². The summed E-state index contributed by atoms with van der Waals surface area (Å²) in [6, 6.07) is 2.70. The Morgan fingerprint density at radius 3 is 2.63 bits per heavy atom. The van der Waals surface area contributed by atoms with Crippen LogP contribution in [0.1, 0.15) is 50.2 Å². The van der Waals surface area contributed by atoms with Crippen LogP contribution in [0, 0.1) is 6.92 Å². The van der Waals surface area contributed by atoms with E-state index in [4.69, 9.17) is 20.9 Å². The van der Waals surface area contributed by atoms with E-state index in [1.165, 1.54) is 17.0 Å². The van der Waals surface area contributed by atoms with Gasteiger partial charge in [-0.3, -0.25) is 9.69 Å². The van der Waals surface area contributed by atoms with Gasteiger partial charge in [-0.05, 0) is 18.9 Å². The third-order valence-electron chi connectivity index (χ3n) is 5.29. The van der Waals surface area contributed by atoms with Gasteiger partial charge in [0.05, 0.1) is 17.3 Å². The summed E-state index contributed by atoms with van der Waals surface area (Å²) < 4.78 is 39.2. The molecule has 1 amide bonds. The number of nitrogens with one attached hydrogen (secondary N) is 1. The molecule has 11 heteroatoms. The summed E-state index contributed by atoms with van der Waals surface area (Å²) in [7, 11) is -3.83. The molecule has 1 fully saturated rings. The van der Waals surface area contributed by atoms with E-state index in [-0.39, 0.29) is 40.8 Å². The minimum absolute atomic E-state index is 0.0162. The van der Waals surface area contributed by atoms with Crippen LogP contribution in [0.5, 0.6) is 5.75 Å². The minimum atomic E-state index is -3.83. The highest BCUT2D eigenvalue weighted by Crippen LogP contribution is 2.39. The molecule has 0 radical (unpaired) electrons. The molecule has 162 valence electrons. The van der Waals surface area contributed by atoms with Crippen LogP contribution in [0.4, 0.5) is 5.69 Å². The Bertz CT molecular complexity index is 1050. The third-order valence-corrected chi connectivity index (χ3v) is 7.28. The number of aryl methyl sites for hydroxylation is 1. The number of nitrogens with zero attached hydrogens (tertiary/aromatic N) is 3. The second-order valence-electron chi connectivity index (χ2n) is 7.56. The molecule has 0 unspecified atom stereocenters. The quantitative estimate of drug-likeness (QED) is 0.690. The maximum absolute atomic E-state index is 13.0. The SMILES string of the molecule is Cc1nc(CN2C(=O)COc3cc(S(=O)(=O)NC4CCCCCC4)c(Cl)cc32)no1. The molecule has 2 heterocycles. The molecule has 1 saturated carbocycles. The first kappa shape index (κ1) is 21.1. The van der Waals surface area contributed by atoms with Crippen molar-refractivity contribution < 1.29 is 22.5 Å². The fourth-order valence-corrected chi connectivity index (χ4v) is 5.65. The van der Waals surface area contributed by atoms with Crippen LogP contribution in [0.25, 0.3) is 0 Å². The third kappa shape index (κ3) is 4.45. The van der Waals surface area contributed by atoms with Crippen molar-refractivity contribution in [2.24, 2.45) is 0 Å². The van der Waals surface area contributed by atoms with Gasteiger partial charge in [0.2, 0.25) is 15.9 Å². The van der Waals surface area contributed by atoms with E-state index in [2.05, 4.69) is 14.9 Å². The van der Waals surface area contributed by atoms with Crippen molar-refractivity contribution in [2.75, 3.05) is 11.5 Å². The van der Waals surface area contributed by atoms with Gasteiger partial charge in [-0.2, -0.15) is 4.98 Å². The summed E-state index contributed by atoms with van der Waals surface area (Å²) in [5.74, 6) is 0.667. The molecule has 0 spiro atoms. The van der Waals surface area contributed by atoms with Crippen molar-refractivity contribution in [2.45, 2.75) is 62.9 Å². The molecule has 1 aromatic carbocycles. The first-order valence-electron chi connectivity index (χ1n) is 9.92. The Labute approximate surface area is 179 Å². The van der Waals surface area contributed by atoms with Crippen molar-refractivity contribution in [3.05, 3.63) is 28.9 Å². The van der Waals surface area contributed by atoms with Gasteiger partial charge in [0.25, 0.3) is 5.91 Å². The van der Waals surface area contributed by atoms with Gasteiger partial charge in [0.15, 0.2) is 12.4 Å². The van der Waals surface area contributed by atoms with Crippen molar-refractivity contribution >= 4 is 33.2 Å². The number of aromatic nitrogens is 2. The van der Waals surface area contributed by atoms with Gasteiger partial charge >= 0.3 is 0 Å². The molecule has 2 aliphatic rings. The fraction of sp³-hybridized carbons (Fsp3) is 0.526. The number of rotatable bonds is 5. The normalized spacial score (nSPS) is 18.1. The maximum Gasteiger partial charge on any atom is 0.265 e. The largest absolute Gasteiger partial charge is 0.482 e. The predicted molar refractivity (Wildman–Crippen MR) is 109 cm³/mol. The van der Waals surface area contributed by atoms with E-state index in [9.17, 15) is 13.2 Å². The summed E-state index contributed by atoms with van der Waals surface area (Å²) in [6.45, 7) is 1.50. The smallest absolute Gasteiger partial charge is 0.265 e. The van der Waals surface area contributed by atoms with Crippen molar-refractivity contribution in [3.8, 4) is 5.75 Å². The molecule has 4 rings (SSSR count). The van der Waals surface area contributed by atoms with E-state index in [0.717, 1.165) is 38.5 Å². The average Bonchev–Trinajstić information content (AvgIpc) is 2.94. The van der Waals surface area contributed by atoms with Gasteiger partial charge in [0.1, 0.15) is 10.6 Å². The number of ether oxygens (including phenoxy) is 1. The zero-order chi connectivity index (χ0) is 21.3. The van der Waals surface area contributed by atoms with E-state index < -0.39 is 10.0 Å². The molecule has 0 atom stereocenters. The zero-order valence-electron chi connectivity index (χ0n) is 16.6. The molecule has 1 aliphatic heterocycles. The average molecular weight is 455 g/mol. The topological polar surface area (TPSA) is 115 Å². The van der Waals surface area contributed by atoms with E-state index >= 15 is 0 Å². The number of sulfonamides is 1. The Hall–Kier alpha value is -2.17. The molecule has 0 bridgehead atoms. The summed E-state index contributed by atoms with van der Waals surface area (Å²) in [5.41, 5.74) is 0.368. The van der Waals surface area contributed by atoms with Crippen LogP contribution < -0.4 is 14.4 Å². The van der Waals surface area contributed by atoms with Gasteiger partial charge in [0, 0.05) is 19.0 Å². The van der Waals surface area contributed by atoms with Gasteiger partial charge in [-0.15, -0.1) is 0 Å². The first-order chi connectivity index (χ1) is 14.3. The van der Waals surface area contributed by atoms with E-state index in [0.29, 0.717) is 17.4 Å². The number of carbonyl (C=O) groups excluding carboxylic acids is 1. The highest BCUT2D eigenvalue weighted by atomic mass is 35.5. The summed E-state index contributed by atoms with van der Waals surface area (Å²) >= 11 is 6.35. The van der Waals surface area contributed by atoms with Crippen molar-refractivity contribution in [1.29, 1.82) is 0 Å². The standard InChI is InChI=1S/C19H23ClN4O5S/c1-12-21-18(22-29-12)10-24-15-8-14(20)17(9-16(15)28-11-19(24)25)30(26,27)23-13-6-4-2-3-5-7-13/h8-9,13,23H,2-7,10-11H2,1H3. The zero-order valence-corrected chi connectivity index (χ0v) is 18.1. The molecular formula is C19H23ClN4O5S. The van der Waals surface area contributed by atoms with Crippen LogP contribution in [0.2, 0.25) is 5.02 Å². The number of hydrogen-bond acceptors (Lipinski definition) is 7. The molecular weight excluding hydrogens is 432 g/mol. The number of benzene rings is 1. The van der Waals surface area contributed by atoms with Crippen LogP contribution in [-0.4, -0.2) is 37.1 Å². The molecule has 1 aliphatic carbocycles. The van der Waals surface area contributed by atoms with Gasteiger partial charge in [-0.25, -0.2) is 13.1 Å². The van der Waals surface area contributed by atoms with E-state index in [1.807, 2.05) is 0 Å². The Balaban J connectivity index is 1.62. The lowest BCUT2D eigenvalue weighted by molar-refractivity contribution is -0.121. The lowest BCUT2D eigenvalue weighted by Crippen LogP contribution is -2.39. The summed E-state index contributed by atoms with van der Waals surface area (Å²) in [4.78, 5) is 17.9. The van der Waals surface area contributed by atoms with Crippen LogP contribution in [-0.2, 0) is 21.4 Å². The van der Waals surface area contributed by atoms with Gasteiger partial charge in [-0.1, -0.05) is 42.4 Å². The lowest BCUT2D eigenvalue weighted by atomic mass is 10.1.